The van der Waals surface area contributed by atoms with Crippen LogP contribution in [0.25, 0.3) is 10.9 Å². The van der Waals surface area contributed by atoms with Gasteiger partial charge in [-0.1, -0.05) is 30.3 Å². The number of hydrogen-bond donors (Lipinski definition) is 2. The molecule has 0 atom stereocenters. The number of benzene rings is 2. The van der Waals surface area contributed by atoms with Gasteiger partial charge in [0.05, 0.1) is 11.1 Å². The lowest BCUT2D eigenvalue weighted by atomic mass is 9.92. The van der Waals surface area contributed by atoms with Crippen molar-refractivity contribution in [1.82, 2.24) is 10.3 Å². The van der Waals surface area contributed by atoms with Gasteiger partial charge in [0.2, 0.25) is 0 Å². The van der Waals surface area contributed by atoms with Crippen molar-refractivity contribution in [2.75, 3.05) is 18.4 Å². The van der Waals surface area contributed by atoms with E-state index in [2.05, 4.69) is 16.7 Å². The molecule has 0 fully saturated rings. The van der Waals surface area contributed by atoms with Crippen molar-refractivity contribution in [3.8, 4) is 0 Å². The number of rotatable bonds is 5. The van der Waals surface area contributed by atoms with Crippen LogP contribution in [0.3, 0.4) is 0 Å². The number of carbonyl (C=O) groups is 1. The molecular formula is C22H22FN3O. The molecule has 5 heteroatoms. The summed E-state index contributed by atoms with van der Waals surface area (Å²) < 4.78 is 13.7. The van der Waals surface area contributed by atoms with Crippen LogP contribution < -0.4 is 10.6 Å². The van der Waals surface area contributed by atoms with Gasteiger partial charge in [0, 0.05) is 29.9 Å². The van der Waals surface area contributed by atoms with Gasteiger partial charge in [-0.3, -0.25) is 9.78 Å². The van der Waals surface area contributed by atoms with Gasteiger partial charge in [0.1, 0.15) is 5.82 Å². The van der Waals surface area contributed by atoms with Crippen molar-refractivity contribution >= 4 is 22.5 Å². The Kier molecular flexibility index (Phi) is 5.01. The summed E-state index contributed by atoms with van der Waals surface area (Å²) in [5.74, 6) is -0.895. The zero-order valence-electron chi connectivity index (χ0n) is 15.1. The number of pyridine rings is 1. The standard InChI is InChI=1S/C22H22FN3O/c23-18-10-4-1-7-15(18)22(27)25-14-13-24-21-16-8-2-5-11-19(16)26-20-12-6-3-9-17(20)21/h1-2,4-5,7-8,10-11H,3,6,9,12-14H2,(H,24,26)(H,25,27). The summed E-state index contributed by atoms with van der Waals surface area (Å²) in [6.45, 7) is 0.985. The van der Waals surface area contributed by atoms with Crippen LogP contribution in [0.2, 0.25) is 0 Å². The van der Waals surface area contributed by atoms with Crippen molar-refractivity contribution < 1.29 is 9.18 Å². The van der Waals surface area contributed by atoms with Crippen LogP contribution in [-0.4, -0.2) is 24.0 Å². The van der Waals surface area contributed by atoms with Crippen LogP contribution >= 0.6 is 0 Å². The quantitative estimate of drug-likeness (QED) is 0.671. The number of nitrogens with one attached hydrogen (secondary N) is 2. The fraction of sp³-hybridized carbons (Fsp3) is 0.273. The minimum atomic E-state index is -0.503. The largest absolute Gasteiger partial charge is 0.382 e. The average molecular weight is 363 g/mol. The van der Waals surface area contributed by atoms with Gasteiger partial charge in [-0.15, -0.1) is 0 Å². The lowest BCUT2D eigenvalue weighted by Gasteiger charge is -2.21. The molecule has 4 nitrogen and oxygen atoms in total. The first-order valence-corrected chi connectivity index (χ1v) is 9.41. The van der Waals surface area contributed by atoms with Crippen LogP contribution in [0, 0.1) is 5.82 Å². The summed E-state index contributed by atoms with van der Waals surface area (Å²) in [5, 5.41) is 7.38. The van der Waals surface area contributed by atoms with Crippen molar-refractivity contribution in [3.63, 3.8) is 0 Å². The summed E-state index contributed by atoms with van der Waals surface area (Å²) in [6.07, 6.45) is 4.39. The highest BCUT2D eigenvalue weighted by Crippen LogP contribution is 2.33. The van der Waals surface area contributed by atoms with Gasteiger partial charge in [0.25, 0.3) is 5.91 Å². The second-order valence-corrected chi connectivity index (χ2v) is 6.80. The second kappa shape index (κ2) is 7.74. The Bertz CT molecular complexity index is 986. The molecule has 0 unspecified atom stereocenters. The first-order chi connectivity index (χ1) is 13.2. The van der Waals surface area contributed by atoms with Gasteiger partial charge >= 0.3 is 0 Å². The topological polar surface area (TPSA) is 54.0 Å². The van der Waals surface area contributed by atoms with E-state index in [1.165, 1.54) is 36.2 Å². The molecule has 1 amide bonds. The van der Waals surface area contributed by atoms with Crippen molar-refractivity contribution in [2.45, 2.75) is 25.7 Å². The number of anilines is 1. The lowest BCUT2D eigenvalue weighted by Crippen LogP contribution is -2.29. The highest BCUT2D eigenvalue weighted by molar-refractivity contribution is 5.95. The van der Waals surface area contributed by atoms with E-state index in [4.69, 9.17) is 4.98 Å². The smallest absolute Gasteiger partial charge is 0.254 e. The molecule has 1 aliphatic rings. The Morgan fingerprint density at radius 2 is 1.78 bits per heavy atom. The summed E-state index contributed by atoms with van der Waals surface area (Å²) >= 11 is 0. The molecular weight excluding hydrogens is 341 g/mol. The molecule has 0 radical (unpaired) electrons. The Balaban J connectivity index is 1.48. The third-order valence-electron chi connectivity index (χ3n) is 5.00. The molecule has 0 saturated heterocycles. The van der Waals surface area contributed by atoms with E-state index in [9.17, 15) is 9.18 Å². The summed E-state index contributed by atoms with van der Waals surface area (Å²) in [4.78, 5) is 17.0. The zero-order chi connectivity index (χ0) is 18.6. The Labute approximate surface area is 157 Å². The first kappa shape index (κ1) is 17.5. The summed E-state index contributed by atoms with van der Waals surface area (Å²) in [6, 6.07) is 14.2. The molecule has 1 aliphatic carbocycles. The van der Waals surface area contributed by atoms with E-state index in [-0.39, 0.29) is 5.56 Å². The number of aryl methyl sites for hydroxylation is 1. The van der Waals surface area contributed by atoms with E-state index in [1.54, 1.807) is 12.1 Å². The molecule has 2 N–H and O–H groups in total. The highest BCUT2D eigenvalue weighted by Gasteiger charge is 2.18. The van der Waals surface area contributed by atoms with Crippen molar-refractivity contribution in [2.24, 2.45) is 0 Å². The number of hydrogen-bond acceptors (Lipinski definition) is 3. The maximum Gasteiger partial charge on any atom is 0.254 e. The molecule has 2 aromatic carbocycles. The Morgan fingerprint density at radius 1 is 1.00 bits per heavy atom. The average Bonchev–Trinajstić information content (AvgIpc) is 2.70. The fourth-order valence-corrected chi connectivity index (χ4v) is 3.68. The number of nitrogens with zero attached hydrogens (tertiary/aromatic N) is 1. The molecule has 0 bridgehead atoms. The molecule has 0 spiro atoms. The zero-order valence-corrected chi connectivity index (χ0v) is 15.1. The van der Waals surface area contributed by atoms with Gasteiger partial charge in [-0.2, -0.15) is 0 Å². The minimum Gasteiger partial charge on any atom is -0.382 e. The highest BCUT2D eigenvalue weighted by atomic mass is 19.1. The predicted molar refractivity (Wildman–Crippen MR) is 106 cm³/mol. The van der Waals surface area contributed by atoms with Crippen LogP contribution in [0.15, 0.2) is 48.5 Å². The Morgan fingerprint density at radius 3 is 2.67 bits per heavy atom. The van der Waals surface area contributed by atoms with Crippen LogP contribution in [0.4, 0.5) is 10.1 Å². The van der Waals surface area contributed by atoms with Crippen molar-refractivity contribution in [1.29, 1.82) is 0 Å². The fourth-order valence-electron chi connectivity index (χ4n) is 3.68. The molecule has 1 heterocycles. The van der Waals surface area contributed by atoms with E-state index in [1.807, 2.05) is 18.2 Å². The number of aromatic nitrogens is 1. The molecule has 4 rings (SSSR count). The van der Waals surface area contributed by atoms with Gasteiger partial charge in [-0.05, 0) is 49.4 Å². The summed E-state index contributed by atoms with van der Waals surface area (Å²) in [7, 11) is 0. The van der Waals surface area contributed by atoms with Crippen molar-refractivity contribution in [3.05, 3.63) is 71.2 Å². The number of carbonyl (C=O) groups excluding carboxylic acids is 1. The van der Waals surface area contributed by atoms with E-state index < -0.39 is 11.7 Å². The molecule has 3 aromatic rings. The van der Waals surface area contributed by atoms with Crippen LogP contribution in [-0.2, 0) is 12.8 Å². The number of para-hydroxylation sites is 1. The molecule has 0 saturated carbocycles. The maximum absolute atomic E-state index is 13.7. The van der Waals surface area contributed by atoms with E-state index in [0.29, 0.717) is 13.1 Å². The van der Waals surface area contributed by atoms with Gasteiger partial charge in [0.15, 0.2) is 0 Å². The molecule has 138 valence electrons. The monoisotopic (exact) mass is 363 g/mol. The maximum atomic E-state index is 13.7. The third-order valence-corrected chi connectivity index (χ3v) is 5.00. The van der Waals surface area contributed by atoms with Gasteiger partial charge < -0.3 is 10.6 Å². The molecule has 27 heavy (non-hydrogen) atoms. The summed E-state index contributed by atoms with van der Waals surface area (Å²) in [5.41, 5.74) is 4.66. The lowest BCUT2D eigenvalue weighted by molar-refractivity contribution is 0.0951. The predicted octanol–water partition coefficient (Wildman–Crippen LogP) is 4.09. The van der Waals surface area contributed by atoms with E-state index >= 15 is 0 Å². The third kappa shape index (κ3) is 3.63. The normalized spacial score (nSPS) is 13.2. The first-order valence-electron chi connectivity index (χ1n) is 9.41. The number of amides is 1. The minimum absolute atomic E-state index is 0.0734. The van der Waals surface area contributed by atoms with Gasteiger partial charge in [-0.25, -0.2) is 4.39 Å². The van der Waals surface area contributed by atoms with E-state index in [0.717, 1.165) is 29.4 Å². The number of halogens is 1. The molecule has 0 aliphatic heterocycles. The SMILES string of the molecule is O=C(NCCNc1c2c(nc3ccccc13)CCCC2)c1ccccc1F. The number of fused-ring (bicyclic) bond motifs is 2. The Hall–Kier alpha value is -2.95. The van der Waals surface area contributed by atoms with Crippen LogP contribution in [0.5, 0.6) is 0 Å². The second-order valence-electron chi connectivity index (χ2n) is 6.80. The molecule has 1 aromatic heterocycles. The van der Waals surface area contributed by atoms with Crippen LogP contribution in [0.1, 0.15) is 34.5 Å².